The van der Waals surface area contributed by atoms with Crippen LogP contribution in [0.5, 0.6) is 11.5 Å². The van der Waals surface area contributed by atoms with Gasteiger partial charge in [0.1, 0.15) is 44.8 Å². The van der Waals surface area contributed by atoms with Crippen LogP contribution in [0.4, 0.5) is 32.6 Å². The van der Waals surface area contributed by atoms with E-state index in [-0.39, 0.29) is 68.8 Å². The average molecular weight is 815 g/mol. The van der Waals surface area contributed by atoms with Gasteiger partial charge < -0.3 is 29.2 Å². The molecule has 0 bridgehead atoms. The number of methoxy groups -OCH3 is 2. The van der Waals surface area contributed by atoms with Crippen molar-refractivity contribution in [2.75, 3.05) is 49.2 Å². The number of nitrogens with one attached hydrogen (secondary N) is 3. The number of halogens is 2. The zero-order valence-corrected chi connectivity index (χ0v) is 34.8. The minimum atomic E-state index is -1.06. The molecule has 0 saturated heterocycles. The first-order valence-corrected chi connectivity index (χ1v) is 18.5. The van der Waals surface area contributed by atoms with Crippen molar-refractivity contribution < 1.29 is 38.1 Å². The van der Waals surface area contributed by atoms with Gasteiger partial charge in [-0.3, -0.25) is 25.1 Å². The summed E-state index contributed by atoms with van der Waals surface area (Å²) in [4.78, 5) is 64.7. The summed E-state index contributed by atoms with van der Waals surface area (Å²) in [5.74, 6) is -0.994. The Labute approximate surface area is 337 Å². The number of carbonyl (C=O) groups excluding carboxylic acids is 4. The second-order valence-corrected chi connectivity index (χ2v) is 15.7. The number of hydrogen-bond donors (Lipinski definition) is 3. The molecule has 302 valence electrons. The summed E-state index contributed by atoms with van der Waals surface area (Å²) >= 11 is 13.4. The lowest BCUT2D eigenvalue weighted by atomic mass is 9.93. The van der Waals surface area contributed by atoms with Crippen molar-refractivity contribution in [2.24, 2.45) is 0 Å². The second kappa shape index (κ2) is 17.8. The highest BCUT2D eigenvalue weighted by atomic mass is 35.5. The van der Waals surface area contributed by atoms with Crippen molar-refractivity contribution in [1.82, 2.24) is 14.9 Å². The Balaban J connectivity index is 1.60. The third kappa shape index (κ3) is 10.8. The summed E-state index contributed by atoms with van der Waals surface area (Å²) in [6.45, 7) is 14.2. The van der Waals surface area contributed by atoms with Gasteiger partial charge in [-0.15, -0.1) is 0 Å². The number of carbonyl (C=O) groups is 4. The number of nitrogens with zero attached hydrogens (tertiary/aromatic N) is 4. The van der Waals surface area contributed by atoms with Crippen LogP contribution >= 0.6 is 23.2 Å². The summed E-state index contributed by atoms with van der Waals surface area (Å²) in [7, 11) is 6.56. The number of amides is 4. The van der Waals surface area contributed by atoms with E-state index in [1.165, 1.54) is 37.6 Å². The maximum absolute atomic E-state index is 14.5. The van der Waals surface area contributed by atoms with Crippen molar-refractivity contribution in [2.45, 2.75) is 84.1 Å². The molecule has 1 fully saturated rings. The fraction of sp³-hybridized carbons (Fsp3) is 0.436. The molecule has 2 aromatic carbocycles. The molecule has 1 heterocycles. The summed E-state index contributed by atoms with van der Waals surface area (Å²) in [5, 5.41) is 7.67. The molecule has 56 heavy (non-hydrogen) atoms. The Hall–Kier alpha value is -5.12. The van der Waals surface area contributed by atoms with Crippen LogP contribution < -0.4 is 30.3 Å². The minimum Gasteiger partial charge on any atom is -0.494 e. The lowest BCUT2D eigenvalue weighted by molar-refractivity contribution is -0.111. The topological polar surface area (TPSA) is 174 Å². The van der Waals surface area contributed by atoms with Crippen LogP contribution in [0.15, 0.2) is 43.2 Å². The zero-order valence-electron chi connectivity index (χ0n) is 33.3. The van der Waals surface area contributed by atoms with Gasteiger partial charge in [-0.05, 0) is 91.7 Å². The van der Waals surface area contributed by atoms with E-state index < -0.39 is 29.3 Å². The number of benzene rings is 2. The minimum absolute atomic E-state index is 0.0573. The van der Waals surface area contributed by atoms with Crippen molar-refractivity contribution in [3.8, 4) is 11.5 Å². The summed E-state index contributed by atoms with van der Waals surface area (Å²) in [6, 6.07) is 6.96. The van der Waals surface area contributed by atoms with E-state index in [4.69, 9.17) is 42.1 Å². The molecule has 1 aromatic heterocycles. The van der Waals surface area contributed by atoms with Gasteiger partial charge in [0.2, 0.25) is 5.91 Å². The molecule has 0 spiro atoms. The van der Waals surface area contributed by atoms with Crippen LogP contribution in [0, 0.1) is 0 Å². The first-order valence-electron chi connectivity index (χ1n) is 17.7. The molecule has 4 amide bonds. The normalized spacial score (nSPS) is 13.3. The number of rotatable bonds is 14. The van der Waals surface area contributed by atoms with E-state index >= 15 is 0 Å². The van der Waals surface area contributed by atoms with Gasteiger partial charge in [0.05, 0.1) is 19.9 Å². The van der Waals surface area contributed by atoms with Crippen molar-refractivity contribution in [3.63, 3.8) is 0 Å². The summed E-state index contributed by atoms with van der Waals surface area (Å²) in [6.07, 6.45) is 2.30. The maximum atomic E-state index is 14.5. The van der Waals surface area contributed by atoms with E-state index in [9.17, 15) is 19.2 Å². The highest BCUT2D eigenvalue weighted by Gasteiger charge is 2.40. The van der Waals surface area contributed by atoms with E-state index in [0.29, 0.717) is 18.5 Å². The average Bonchev–Trinajstić information content (AvgIpc) is 3.94. The van der Waals surface area contributed by atoms with E-state index in [1.807, 2.05) is 32.3 Å². The Kier molecular flexibility index (Phi) is 13.8. The Morgan fingerprint density at radius 3 is 2.07 bits per heavy atom. The Morgan fingerprint density at radius 1 is 0.929 bits per heavy atom. The molecule has 15 nitrogen and oxygen atoms in total. The highest BCUT2D eigenvalue weighted by Crippen LogP contribution is 2.49. The van der Waals surface area contributed by atoms with Crippen molar-refractivity contribution >= 4 is 70.2 Å². The SMILES string of the molecule is C=CC(=O)Nc1ccc(C(C)N(C)C)cc1CC(C)(C)OC(=O)Nc1cc(N(C(=O)c2c(OC)c(Cl)c(NC(=O)OC(C)(C)C)c(Cl)c2OC)C2CC2)ncn1. The van der Waals surface area contributed by atoms with Crippen LogP contribution in [0.1, 0.15) is 81.9 Å². The highest BCUT2D eigenvalue weighted by molar-refractivity contribution is 6.43. The van der Waals surface area contributed by atoms with Crippen LogP contribution in [-0.2, 0) is 20.7 Å². The lowest BCUT2D eigenvalue weighted by Gasteiger charge is -2.28. The van der Waals surface area contributed by atoms with Crippen molar-refractivity contribution in [1.29, 1.82) is 0 Å². The number of hydrogen-bond acceptors (Lipinski definition) is 11. The van der Waals surface area contributed by atoms with Crippen LogP contribution in [0.2, 0.25) is 10.0 Å². The van der Waals surface area contributed by atoms with Crippen LogP contribution in [-0.4, -0.2) is 84.4 Å². The molecule has 1 aliphatic carbocycles. The predicted octanol–water partition coefficient (Wildman–Crippen LogP) is 8.27. The second-order valence-electron chi connectivity index (χ2n) is 14.9. The standard InChI is InChI=1S/C39H49Cl2N7O8/c1-12-28(49)44-25-16-13-22(21(2)47(8)9)17-23(25)19-39(6,7)56-36(51)45-26-18-27(43-20-42-26)48(24-14-15-24)35(50)29-33(53-10)30(40)32(31(41)34(29)54-11)46-37(52)55-38(3,4)5/h12-13,16-18,20-21,24H,1,14-15,19H2,2-11H3,(H,44,49)(H,46,52)(H,42,43,45,51). The maximum Gasteiger partial charge on any atom is 0.413 e. The first kappa shape index (κ1) is 43.6. The molecule has 4 rings (SSSR count). The third-order valence-corrected chi connectivity index (χ3v) is 9.34. The molecule has 1 aliphatic rings. The van der Waals surface area contributed by atoms with E-state index in [2.05, 4.69) is 44.3 Å². The smallest absolute Gasteiger partial charge is 0.413 e. The third-order valence-electron chi connectivity index (χ3n) is 8.62. The van der Waals surface area contributed by atoms with E-state index in [1.54, 1.807) is 34.6 Å². The predicted molar refractivity (Wildman–Crippen MR) is 217 cm³/mol. The van der Waals surface area contributed by atoms with Crippen LogP contribution in [0.3, 0.4) is 0 Å². The quantitative estimate of drug-likeness (QED) is 0.134. The van der Waals surface area contributed by atoms with Gasteiger partial charge in [-0.2, -0.15) is 0 Å². The molecule has 0 radical (unpaired) electrons. The van der Waals surface area contributed by atoms with Gasteiger partial charge in [-0.1, -0.05) is 41.9 Å². The van der Waals surface area contributed by atoms with Crippen LogP contribution in [0.25, 0.3) is 0 Å². The number of anilines is 4. The first-order chi connectivity index (χ1) is 26.2. The molecular weight excluding hydrogens is 765 g/mol. The fourth-order valence-electron chi connectivity index (χ4n) is 5.70. The van der Waals surface area contributed by atoms with Gasteiger partial charge >= 0.3 is 12.2 Å². The van der Waals surface area contributed by atoms with Gasteiger partial charge in [0, 0.05) is 30.3 Å². The zero-order chi connectivity index (χ0) is 41.7. The molecule has 1 unspecified atom stereocenters. The van der Waals surface area contributed by atoms with Gasteiger partial charge in [0.15, 0.2) is 11.5 Å². The largest absolute Gasteiger partial charge is 0.494 e. The van der Waals surface area contributed by atoms with E-state index in [0.717, 1.165) is 11.1 Å². The van der Waals surface area contributed by atoms with Crippen molar-refractivity contribution in [3.05, 3.63) is 70.0 Å². The Morgan fingerprint density at radius 2 is 1.54 bits per heavy atom. The molecule has 17 heteroatoms. The molecule has 3 aromatic rings. The molecule has 1 saturated carbocycles. The monoisotopic (exact) mass is 813 g/mol. The lowest BCUT2D eigenvalue weighted by Crippen LogP contribution is -2.35. The number of aromatic nitrogens is 2. The fourth-order valence-corrected chi connectivity index (χ4v) is 6.37. The summed E-state index contributed by atoms with van der Waals surface area (Å²) < 4.78 is 22.4. The van der Waals surface area contributed by atoms with Gasteiger partial charge in [-0.25, -0.2) is 19.6 Å². The number of ether oxygens (including phenoxy) is 4. The molecule has 3 N–H and O–H groups in total. The summed E-state index contributed by atoms with van der Waals surface area (Å²) in [5.41, 5.74) is 0.271. The van der Waals surface area contributed by atoms with Gasteiger partial charge in [0.25, 0.3) is 5.91 Å². The Bertz CT molecular complexity index is 1970. The molecule has 1 atom stereocenters. The molecule has 0 aliphatic heterocycles. The molecular formula is C39H49Cl2N7O8.